The van der Waals surface area contributed by atoms with Crippen LogP contribution in [0.4, 0.5) is 0 Å². The van der Waals surface area contributed by atoms with Gasteiger partial charge in [-0.2, -0.15) is 0 Å². The van der Waals surface area contributed by atoms with E-state index in [0.717, 1.165) is 12.8 Å². The number of allylic oxidation sites excluding steroid dienone is 1. The molecule has 0 radical (unpaired) electrons. The summed E-state index contributed by atoms with van der Waals surface area (Å²) in [4.78, 5) is 21.5. The lowest BCUT2D eigenvalue weighted by atomic mass is 10.1. The van der Waals surface area contributed by atoms with Crippen LogP contribution in [-0.4, -0.2) is 23.5 Å². The average Bonchev–Trinajstić information content (AvgIpc) is 2.59. The number of nitrogens with one attached hydrogen (secondary N) is 1. The predicted molar refractivity (Wildman–Crippen MR) is 107 cm³/mol. The Kier molecular flexibility index (Phi) is 23.5. The lowest BCUT2D eigenvalue weighted by Gasteiger charge is -2.04. The van der Waals surface area contributed by atoms with Gasteiger partial charge in [0, 0.05) is 19.4 Å². The SMILES string of the molecule is C=CCCCCCC.CCCCCCCCC(=O)NCCCC(=O)O. The Morgan fingerprint density at radius 2 is 1.40 bits per heavy atom. The summed E-state index contributed by atoms with van der Waals surface area (Å²) in [7, 11) is 0. The van der Waals surface area contributed by atoms with Crippen molar-refractivity contribution in [3.63, 3.8) is 0 Å². The summed E-state index contributed by atoms with van der Waals surface area (Å²) in [6.45, 7) is 8.55. The summed E-state index contributed by atoms with van der Waals surface area (Å²) >= 11 is 0. The lowest BCUT2D eigenvalue weighted by molar-refractivity contribution is -0.137. The predicted octanol–water partition coefficient (Wildman–Crippen LogP) is 5.86. The van der Waals surface area contributed by atoms with Gasteiger partial charge < -0.3 is 10.4 Å². The van der Waals surface area contributed by atoms with Crippen LogP contribution >= 0.6 is 0 Å². The number of rotatable bonds is 16. The van der Waals surface area contributed by atoms with E-state index in [9.17, 15) is 9.59 Å². The molecule has 4 nitrogen and oxygen atoms in total. The van der Waals surface area contributed by atoms with Crippen LogP contribution < -0.4 is 5.32 Å². The van der Waals surface area contributed by atoms with Crippen LogP contribution in [0.2, 0.25) is 0 Å². The Hall–Kier alpha value is -1.32. The highest BCUT2D eigenvalue weighted by Crippen LogP contribution is 2.06. The number of carboxylic acid groups (broad SMARTS) is 1. The zero-order chi connectivity index (χ0) is 19.2. The van der Waals surface area contributed by atoms with Crippen molar-refractivity contribution >= 4 is 11.9 Å². The molecule has 1 amide bonds. The first kappa shape index (κ1) is 25.9. The maximum absolute atomic E-state index is 11.3. The van der Waals surface area contributed by atoms with Gasteiger partial charge in [0.2, 0.25) is 5.91 Å². The number of amides is 1. The van der Waals surface area contributed by atoms with Crippen LogP contribution in [0.15, 0.2) is 12.7 Å². The van der Waals surface area contributed by atoms with Crippen molar-refractivity contribution < 1.29 is 14.7 Å². The minimum Gasteiger partial charge on any atom is -0.481 e. The summed E-state index contributed by atoms with van der Waals surface area (Å²) in [5.41, 5.74) is 0. The van der Waals surface area contributed by atoms with Gasteiger partial charge in [0.1, 0.15) is 0 Å². The number of hydrogen-bond acceptors (Lipinski definition) is 2. The molecule has 0 rings (SSSR count). The largest absolute Gasteiger partial charge is 0.481 e. The van der Waals surface area contributed by atoms with E-state index in [1.807, 2.05) is 6.08 Å². The molecule has 0 fully saturated rings. The fourth-order valence-electron chi connectivity index (χ4n) is 2.34. The summed E-state index contributed by atoms with van der Waals surface area (Å²) < 4.78 is 0. The Morgan fingerprint density at radius 1 is 0.840 bits per heavy atom. The first-order chi connectivity index (χ1) is 12.1. The zero-order valence-electron chi connectivity index (χ0n) is 16.7. The second-order valence-electron chi connectivity index (χ2n) is 6.50. The van der Waals surface area contributed by atoms with Gasteiger partial charge >= 0.3 is 5.97 Å². The second kappa shape index (κ2) is 22.7. The third-order valence-electron chi connectivity index (χ3n) is 3.91. The van der Waals surface area contributed by atoms with Gasteiger partial charge in [0.05, 0.1) is 0 Å². The van der Waals surface area contributed by atoms with E-state index >= 15 is 0 Å². The molecule has 0 heterocycles. The maximum atomic E-state index is 11.3. The fourth-order valence-corrected chi connectivity index (χ4v) is 2.34. The van der Waals surface area contributed by atoms with Crippen molar-refractivity contribution in [2.75, 3.05) is 6.54 Å². The molecule has 0 aromatic heterocycles. The molecule has 0 aromatic carbocycles. The summed E-state index contributed by atoms with van der Waals surface area (Å²) in [6.07, 6.45) is 16.9. The van der Waals surface area contributed by atoms with Gasteiger partial charge in [-0.3, -0.25) is 9.59 Å². The van der Waals surface area contributed by atoms with Gasteiger partial charge in [0.25, 0.3) is 0 Å². The van der Waals surface area contributed by atoms with Gasteiger partial charge in [-0.05, 0) is 25.7 Å². The number of carbonyl (C=O) groups is 2. The van der Waals surface area contributed by atoms with Gasteiger partial charge in [0.15, 0.2) is 0 Å². The van der Waals surface area contributed by atoms with Crippen LogP contribution in [0, 0.1) is 0 Å². The minimum atomic E-state index is -0.810. The average molecular weight is 356 g/mol. The maximum Gasteiger partial charge on any atom is 0.303 e. The number of carboxylic acids is 1. The number of aliphatic carboxylic acids is 1. The van der Waals surface area contributed by atoms with Crippen molar-refractivity contribution in [3.05, 3.63) is 12.7 Å². The Morgan fingerprint density at radius 3 is 1.96 bits per heavy atom. The number of unbranched alkanes of at least 4 members (excludes halogenated alkanes) is 9. The van der Waals surface area contributed by atoms with Crippen LogP contribution in [-0.2, 0) is 9.59 Å². The molecule has 25 heavy (non-hydrogen) atoms. The Balaban J connectivity index is 0. The smallest absolute Gasteiger partial charge is 0.303 e. The molecule has 0 spiro atoms. The summed E-state index contributed by atoms with van der Waals surface area (Å²) in [5.74, 6) is -0.763. The van der Waals surface area contributed by atoms with E-state index < -0.39 is 5.97 Å². The molecule has 0 unspecified atom stereocenters. The van der Waals surface area contributed by atoms with Crippen LogP contribution in [0.5, 0.6) is 0 Å². The summed E-state index contributed by atoms with van der Waals surface area (Å²) in [5, 5.41) is 11.1. The Labute approximate surface area is 155 Å². The van der Waals surface area contributed by atoms with E-state index in [-0.39, 0.29) is 12.3 Å². The molecule has 0 bridgehead atoms. The number of carbonyl (C=O) groups excluding carboxylic acids is 1. The van der Waals surface area contributed by atoms with Crippen molar-refractivity contribution in [2.45, 2.75) is 104 Å². The van der Waals surface area contributed by atoms with E-state index in [4.69, 9.17) is 5.11 Å². The topological polar surface area (TPSA) is 66.4 Å². The molecule has 0 aliphatic carbocycles. The first-order valence-corrected chi connectivity index (χ1v) is 10.2. The quantitative estimate of drug-likeness (QED) is 0.269. The van der Waals surface area contributed by atoms with Crippen molar-refractivity contribution in [1.29, 1.82) is 0 Å². The highest BCUT2D eigenvalue weighted by molar-refractivity contribution is 5.75. The summed E-state index contributed by atoms with van der Waals surface area (Å²) in [6, 6.07) is 0. The third-order valence-corrected chi connectivity index (χ3v) is 3.91. The molecule has 0 aromatic rings. The molecule has 0 atom stereocenters. The zero-order valence-corrected chi connectivity index (χ0v) is 16.7. The molecular formula is C21H41NO3. The van der Waals surface area contributed by atoms with E-state index in [0.29, 0.717) is 19.4 Å². The van der Waals surface area contributed by atoms with Crippen molar-refractivity contribution in [3.8, 4) is 0 Å². The molecule has 0 aliphatic rings. The van der Waals surface area contributed by atoms with E-state index in [1.54, 1.807) is 0 Å². The first-order valence-electron chi connectivity index (χ1n) is 10.2. The van der Waals surface area contributed by atoms with Crippen LogP contribution in [0.3, 0.4) is 0 Å². The molecular weight excluding hydrogens is 314 g/mol. The molecule has 4 heteroatoms. The second-order valence-corrected chi connectivity index (χ2v) is 6.50. The van der Waals surface area contributed by atoms with E-state index in [2.05, 4.69) is 25.7 Å². The Bertz CT molecular complexity index is 316. The van der Waals surface area contributed by atoms with Gasteiger partial charge in [-0.25, -0.2) is 0 Å². The normalized spacial score (nSPS) is 9.84. The molecule has 0 saturated carbocycles. The van der Waals surface area contributed by atoms with Crippen molar-refractivity contribution in [2.24, 2.45) is 0 Å². The molecule has 148 valence electrons. The van der Waals surface area contributed by atoms with Gasteiger partial charge in [-0.1, -0.05) is 71.3 Å². The fraction of sp³-hybridized carbons (Fsp3) is 0.810. The lowest BCUT2D eigenvalue weighted by Crippen LogP contribution is -2.24. The number of hydrogen-bond donors (Lipinski definition) is 2. The highest BCUT2D eigenvalue weighted by atomic mass is 16.4. The van der Waals surface area contributed by atoms with Gasteiger partial charge in [-0.15, -0.1) is 6.58 Å². The monoisotopic (exact) mass is 355 g/mol. The standard InChI is InChI=1S/C13H25NO3.C8H16/c1-2-3-4-5-6-7-9-12(15)14-11-8-10-13(16)17;1-3-5-7-8-6-4-2/h2-11H2,1H3,(H,14,15)(H,16,17);3H,1,4-8H2,2H3. The third kappa shape index (κ3) is 27.8. The minimum absolute atomic E-state index is 0.0471. The molecule has 0 aliphatic heterocycles. The van der Waals surface area contributed by atoms with Crippen LogP contribution in [0.1, 0.15) is 104 Å². The molecule has 0 saturated heterocycles. The van der Waals surface area contributed by atoms with Crippen molar-refractivity contribution in [1.82, 2.24) is 5.32 Å². The van der Waals surface area contributed by atoms with E-state index in [1.165, 1.54) is 57.8 Å². The highest BCUT2D eigenvalue weighted by Gasteiger charge is 2.01. The molecule has 2 N–H and O–H groups in total. The van der Waals surface area contributed by atoms with Crippen LogP contribution in [0.25, 0.3) is 0 Å².